The first kappa shape index (κ1) is 16.4. The van der Waals surface area contributed by atoms with Crippen molar-refractivity contribution in [3.63, 3.8) is 0 Å². The normalized spacial score (nSPS) is 15.5. The summed E-state index contributed by atoms with van der Waals surface area (Å²) < 4.78 is 15.3. The van der Waals surface area contributed by atoms with Crippen LogP contribution < -0.4 is 4.74 Å². The fourth-order valence-corrected chi connectivity index (χ4v) is 2.70. The van der Waals surface area contributed by atoms with E-state index in [4.69, 9.17) is 16.3 Å². The van der Waals surface area contributed by atoms with Gasteiger partial charge in [-0.1, -0.05) is 17.7 Å². The molecule has 1 aliphatic carbocycles. The highest BCUT2D eigenvalue weighted by atomic mass is 35.5. The minimum Gasteiger partial charge on any atom is -0.457 e. The highest BCUT2D eigenvalue weighted by molar-refractivity contribution is 6.30. The number of rotatable bonds is 3. The zero-order valence-electron chi connectivity index (χ0n) is 11.9. The molecule has 1 atom stereocenters. The summed E-state index contributed by atoms with van der Waals surface area (Å²) in [5, 5.41) is 13.5. The summed E-state index contributed by atoms with van der Waals surface area (Å²) in [6, 6.07) is 10.4. The lowest BCUT2D eigenvalue weighted by Gasteiger charge is -2.12. The Kier molecular flexibility index (Phi) is 5.46. The number of aliphatic hydroxyl groups excluding tert-OH is 1. The van der Waals surface area contributed by atoms with E-state index in [2.05, 4.69) is 5.18 Å². The predicted octanol–water partition coefficient (Wildman–Crippen LogP) is 5.10. The number of ether oxygens (including phenoxy) is 1. The van der Waals surface area contributed by atoms with Gasteiger partial charge in [-0.3, -0.25) is 4.39 Å². The first-order valence-electron chi connectivity index (χ1n) is 6.67. The Morgan fingerprint density at radius 3 is 2.77 bits per heavy atom. The van der Waals surface area contributed by atoms with Crippen LogP contribution in [0.15, 0.2) is 41.6 Å². The second-order valence-corrected chi connectivity index (χ2v) is 5.12. The molecule has 0 amide bonds. The minimum atomic E-state index is -0.652. The van der Waals surface area contributed by atoms with Gasteiger partial charge in [0.05, 0.1) is 13.3 Å². The lowest BCUT2D eigenvalue weighted by Crippen LogP contribution is -1.94. The number of benzene rings is 2. The SMILES string of the molecule is CF.O=Nc1ccc(Oc2cccc(Cl)c2)c2c1C(O)CC2. The molecule has 2 aromatic carbocycles. The highest BCUT2D eigenvalue weighted by Crippen LogP contribution is 2.43. The summed E-state index contributed by atoms with van der Waals surface area (Å²) in [4.78, 5) is 10.8. The van der Waals surface area contributed by atoms with E-state index in [0.717, 1.165) is 5.56 Å². The van der Waals surface area contributed by atoms with Crippen molar-refractivity contribution in [2.75, 3.05) is 7.18 Å². The van der Waals surface area contributed by atoms with E-state index in [1.807, 2.05) is 0 Å². The topological polar surface area (TPSA) is 58.9 Å². The number of fused-ring (bicyclic) bond motifs is 1. The molecule has 1 aliphatic rings. The molecule has 0 spiro atoms. The van der Waals surface area contributed by atoms with Crippen LogP contribution in [-0.2, 0) is 6.42 Å². The van der Waals surface area contributed by atoms with Gasteiger partial charge in [0.1, 0.15) is 17.2 Å². The van der Waals surface area contributed by atoms with Gasteiger partial charge < -0.3 is 9.84 Å². The van der Waals surface area contributed by atoms with Gasteiger partial charge in [0.15, 0.2) is 0 Å². The molecule has 0 radical (unpaired) electrons. The van der Waals surface area contributed by atoms with Crippen molar-refractivity contribution in [3.05, 3.63) is 57.5 Å². The molecule has 0 saturated carbocycles. The van der Waals surface area contributed by atoms with Gasteiger partial charge in [0.25, 0.3) is 0 Å². The first-order valence-corrected chi connectivity index (χ1v) is 7.05. The van der Waals surface area contributed by atoms with Crippen LogP contribution in [0.2, 0.25) is 5.02 Å². The molecule has 116 valence electrons. The highest BCUT2D eigenvalue weighted by Gasteiger charge is 2.27. The summed E-state index contributed by atoms with van der Waals surface area (Å²) in [6.45, 7) is 0. The van der Waals surface area contributed by atoms with Gasteiger partial charge in [-0.2, -0.15) is 0 Å². The quantitative estimate of drug-likeness (QED) is 0.800. The molecule has 0 aliphatic heterocycles. The molecule has 22 heavy (non-hydrogen) atoms. The monoisotopic (exact) mass is 323 g/mol. The maximum atomic E-state index is 10.8. The van der Waals surface area contributed by atoms with Crippen molar-refractivity contribution >= 4 is 17.3 Å². The van der Waals surface area contributed by atoms with Crippen molar-refractivity contribution in [3.8, 4) is 11.5 Å². The standard InChI is InChI=1S/C15H12ClNO3.CH3F/c16-9-2-1-3-10(8-9)20-14-7-5-12(17-19)15-11(14)4-6-13(15)18;1-2/h1-3,5,7-8,13,18H,4,6H2;1H3. The molecule has 2 aromatic rings. The van der Waals surface area contributed by atoms with Crippen LogP contribution in [0.5, 0.6) is 11.5 Å². The molecule has 3 rings (SSSR count). The smallest absolute Gasteiger partial charge is 0.131 e. The largest absolute Gasteiger partial charge is 0.457 e. The Morgan fingerprint density at radius 1 is 1.32 bits per heavy atom. The van der Waals surface area contributed by atoms with Crippen molar-refractivity contribution in [1.29, 1.82) is 0 Å². The molecular formula is C16H15ClFNO3. The molecule has 0 saturated heterocycles. The number of nitrogens with zero attached hydrogens (tertiary/aromatic N) is 1. The van der Waals surface area contributed by atoms with Gasteiger partial charge in [-0.25, -0.2) is 0 Å². The van der Waals surface area contributed by atoms with Crippen molar-refractivity contribution in [2.24, 2.45) is 5.18 Å². The fourth-order valence-electron chi connectivity index (χ4n) is 2.52. The number of alkyl halides is 1. The van der Waals surface area contributed by atoms with Crippen LogP contribution in [-0.4, -0.2) is 12.3 Å². The molecule has 0 heterocycles. The van der Waals surface area contributed by atoms with Crippen LogP contribution in [0, 0.1) is 4.91 Å². The number of aliphatic hydroxyl groups is 1. The lowest BCUT2D eigenvalue weighted by atomic mass is 10.1. The third kappa shape index (κ3) is 3.26. The molecule has 0 bridgehead atoms. The zero-order chi connectivity index (χ0) is 16.1. The fraction of sp³-hybridized carbons (Fsp3) is 0.250. The molecule has 0 fully saturated rings. The molecule has 6 heteroatoms. The van der Waals surface area contributed by atoms with Crippen molar-refractivity contribution in [1.82, 2.24) is 0 Å². The molecule has 1 unspecified atom stereocenters. The Hall–Kier alpha value is -1.98. The summed E-state index contributed by atoms with van der Waals surface area (Å²) in [6.07, 6.45) is 0.587. The van der Waals surface area contributed by atoms with Gasteiger partial charge in [0, 0.05) is 16.1 Å². The Labute approximate surface area is 132 Å². The van der Waals surface area contributed by atoms with Crippen molar-refractivity contribution in [2.45, 2.75) is 18.9 Å². The van der Waals surface area contributed by atoms with Crippen LogP contribution in [0.3, 0.4) is 0 Å². The van der Waals surface area contributed by atoms with Crippen molar-refractivity contribution < 1.29 is 14.2 Å². The van der Waals surface area contributed by atoms with Gasteiger partial charge in [0.2, 0.25) is 0 Å². The van der Waals surface area contributed by atoms with E-state index in [1.54, 1.807) is 36.4 Å². The molecular weight excluding hydrogens is 309 g/mol. The van der Waals surface area contributed by atoms with Crippen LogP contribution >= 0.6 is 11.6 Å². The van der Waals surface area contributed by atoms with E-state index >= 15 is 0 Å². The number of hydrogen-bond acceptors (Lipinski definition) is 4. The second kappa shape index (κ2) is 7.33. The number of hydrogen-bond donors (Lipinski definition) is 1. The van der Waals surface area contributed by atoms with E-state index in [1.165, 1.54) is 0 Å². The van der Waals surface area contributed by atoms with E-state index in [0.29, 0.717) is 42.1 Å². The zero-order valence-corrected chi connectivity index (χ0v) is 12.7. The average molecular weight is 324 g/mol. The average Bonchev–Trinajstić information content (AvgIpc) is 2.93. The minimum absolute atomic E-state index is 0.281. The molecule has 0 aromatic heterocycles. The lowest BCUT2D eigenvalue weighted by molar-refractivity contribution is 0.180. The number of nitroso groups, excluding NO2 is 1. The summed E-state index contributed by atoms with van der Waals surface area (Å²) in [5.41, 5.74) is 1.71. The summed E-state index contributed by atoms with van der Waals surface area (Å²) >= 11 is 5.92. The van der Waals surface area contributed by atoms with E-state index in [-0.39, 0.29) is 5.69 Å². The predicted molar refractivity (Wildman–Crippen MR) is 83.7 cm³/mol. The summed E-state index contributed by atoms with van der Waals surface area (Å²) in [5.74, 6) is 1.25. The summed E-state index contributed by atoms with van der Waals surface area (Å²) in [7, 11) is 0.500. The van der Waals surface area contributed by atoms with Crippen LogP contribution in [0.4, 0.5) is 10.1 Å². The van der Waals surface area contributed by atoms with Crippen LogP contribution in [0.1, 0.15) is 23.7 Å². The number of halogens is 2. The van der Waals surface area contributed by atoms with E-state index < -0.39 is 6.10 Å². The third-order valence-electron chi connectivity index (χ3n) is 3.41. The van der Waals surface area contributed by atoms with Crippen LogP contribution in [0.25, 0.3) is 0 Å². The van der Waals surface area contributed by atoms with E-state index in [9.17, 15) is 14.4 Å². The molecule has 1 N–H and O–H groups in total. The molecule has 4 nitrogen and oxygen atoms in total. The van der Waals surface area contributed by atoms with Gasteiger partial charge in [-0.15, -0.1) is 4.91 Å². The maximum Gasteiger partial charge on any atom is 0.131 e. The third-order valence-corrected chi connectivity index (χ3v) is 3.65. The van der Waals surface area contributed by atoms with Gasteiger partial charge in [-0.05, 0) is 48.4 Å². The maximum absolute atomic E-state index is 10.8. The Balaban J connectivity index is 0.000000847. The Bertz CT molecular complexity index is 678. The Morgan fingerprint density at radius 2 is 2.09 bits per heavy atom. The van der Waals surface area contributed by atoms with Gasteiger partial charge >= 0.3 is 0 Å². The first-order chi connectivity index (χ1) is 10.7. The second-order valence-electron chi connectivity index (χ2n) is 4.68.